The van der Waals surface area contributed by atoms with Crippen LogP contribution in [0, 0.1) is 5.82 Å². The van der Waals surface area contributed by atoms with Crippen LogP contribution in [0.1, 0.15) is 10.4 Å². The van der Waals surface area contributed by atoms with E-state index >= 15 is 0 Å². The fraction of sp³-hybridized carbons (Fsp3) is 0.0588. The summed E-state index contributed by atoms with van der Waals surface area (Å²) < 4.78 is 14.9. The molecule has 0 unspecified atom stereocenters. The van der Waals surface area contributed by atoms with Crippen molar-refractivity contribution in [1.29, 1.82) is 0 Å². The SMILES string of the molecule is O=C(Cn1ccnc1-c1ccccc1)c1cccc(F)c1. The zero-order chi connectivity index (χ0) is 14.7. The molecule has 0 saturated heterocycles. The van der Waals surface area contributed by atoms with Gasteiger partial charge in [0, 0.05) is 23.5 Å². The molecule has 0 fully saturated rings. The van der Waals surface area contributed by atoms with Crippen molar-refractivity contribution >= 4 is 5.78 Å². The number of halogens is 1. The average Bonchev–Trinajstić information content (AvgIpc) is 2.96. The van der Waals surface area contributed by atoms with Crippen LogP contribution in [0.3, 0.4) is 0 Å². The Morgan fingerprint density at radius 3 is 2.67 bits per heavy atom. The highest BCUT2D eigenvalue weighted by Crippen LogP contribution is 2.17. The minimum absolute atomic E-state index is 0.133. The zero-order valence-corrected chi connectivity index (χ0v) is 11.2. The molecule has 0 aliphatic rings. The fourth-order valence-electron chi connectivity index (χ4n) is 2.19. The van der Waals surface area contributed by atoms with Gasteiger partial charge in [-0.05, 0) is 12.1 Å². The topological polar surface area (TPSA) is 34.9 Å². The van der Waals surface area contributed by atoms with Crippen molar-refractivity contribution in [2.45, 2.75) is 6.54 Å². The predicted octanol–water partition coefficient (Wildman–Crippen LogP) is 3.57. The second kappa shape index (κ2) is 5.71. The summed E-state index contributed by atoms with van der Waals surface area (Å²) in [7, 11) is 0. The Bertz CT molecular complexity index is 765. The molecule has 4 heteroatoms. The molecule has 0 aliphatic heterocycles. The van der Waals surface area contributed by atoms with Crippen molar-refractivity contribution in [3.63, 3.8) is 0 Å². The van der Waals surface area contributed by atoms with Crippen LogP contribution in [0.25, 0.3) is 11.4 Å². The average molecular weight is 280 g/mol. The molecule has 0 aliphatic carbocycles. The zero-order valence-electron chi connectivity index (χ0n) is 11.2. The van der Waals surface area contributed by atoms with E-state index < -0.39 is 5.82 Å². The van der Waals surface area contributed by atoms with Crippen molar-refractivity contribution < 1.29 is 9.18 Å². The molecule has 0 radical (unpaired) electrons. The van der Waals surface area contributed by atoms with Gasteiger partial charge in [-0.15, -0.1) is 0 Å². The molecule has 0 amide bonds. The number of imidazole rings is 1. The minimum atomic E-state index is -0.408. The molecular formula is C17H13FN2O. The summed E-state index contributed by atoms with van der Waals surface area (Å²) in [5.41, 5.74) is 1.30. The van der Waals surface area contributed by atoms with Gasteiger partial charge >= 0.3 is 0 Å². The molecule has 0 saturated carbocycles. The van der Waals surface area contributed by atoms with E-state index in [4.69, 9.17) is 0 Å². The van der Waals surface area contributed by atoms with Crippen LogP contribution < -0.4 is 0 Å². The lowest BCUT2D eigenvalue weighted by molar-refractivity contribution is 0.0972. The molecular weight excluding hydrogens is 267 g/mol. The number of hydrogen-bond donors (Lipinski definition) is 0. The van der Waals surface area contributed by atoms with Gasteiger partial charge in [-0.25, -0.2) is 9.37 Å². The first-order valence-electron chi connectivity index (χ1n) is 6.59. The Hall–Kier alpha value is -2.75. The van der Waals surface area contributed by atoms with E-state index in [1.54, 1.807) is 23.0 Å². The highest BCUT2D eigenvalue weighted by Gasteiger charge is 2.11. The summed E-state index contributed by atoms with van der Waals surface area (Å²) in [5, 5.41) is 0. The smallest absolute Gasteiger partial charge is 0.182 e. The van der Waals surface area contributed by atoms with Crippen molar-refractivity contribution in [2.24, 2.45) is 0 Å². The molecule has 2 aromatic carbocycles. The number of rotatable bonds is 4. The Kier molecular flexibility index (Phi) is 3.60. The number of nitrogens with zero attached hydrogens (tertiary/aromatic N) is 2. The summed E-state index contributed by atoms with van der Waals surface area (Å²) in [6.07, 6.45) is 3.40. The van der Waals surface area contributed by atoms with Gasteiger partial charge in [0.1, 0.15) is 11.6 Å². The van der Waals surface area contributed by atoms with E-state index in [1.165, 1.54) is 18.2 Å². The summed E-state index contributed by atoms with van der Waals surface area (Å²) in [6.45, 7) is 0.133. The van der Waals surface area contributed by atoms with Gasteiger partial charge in [-0.2, -0.15) is 0 Å². The number of hydrogen-bond acceptors (Lipinski definition) is 2. The third-order valence-electron chi connectivity index (χ3n) is 3.21. The number of carbonyl (C=O) groups is 1. The first-order valence-corrected chi connectivity index (χ1v) is 6.59. The number of benzene rings is 2. The van der Waals surface area contributed by atoms with E-state index in [1.807, 2.05) is 30.3 Å². The second-order valence-electron chi connectivity index (χ2n) is 4.68. The van der Waals surface area contributed by atoms with Gasteiger partial charge in [0.05, 0.1) is 6.54 Å². The van der Waals surface area contributed by atoms with Crippen LogP contribution in [-0.4, -0.2) is 15.3 Å². The lowest BCUT2D eigenvalue weighted by Gasteiger charge is -2.07. The number of aromatic nitrogens is 2. The van der Waals surface area contributed by atoms with E-state index in [9.17, 15) is 9.18 Å². The van der Waals surface area contributed by atoms with Gasteiger partial charge in [0.2, 0.25) is 0 Å². The molecule has 0 spiro atoms. The van der Waals surface area contributed by atoms with E-state index in [2.05, 4.69) is 4.98 Å². The summed E-state index contributed by atoms with van der Waals surface area (Å²) in [6, 6.07) is 15.4. The van der Waals surface area contributed by atoms with E-state index in [0.29, 0.717) is 5.56 Å². The van der Waals surface area contributed by atoms with Crippen LogP contribution in [0.15, 0.2) is 67.0 Å². The minimum Gasteiger partial charge on any atom is -0.323 e. The predicted molar refractivity (Wildman–Crippen MR) is 78.4 cm³/mol. The van der Waals surface area contributed by atoms with Crippen molar-refractivity contribution in [1.82, 2.24) is 9.55 Å². The molecule has 3 aromatic rings. The van der Waals surface area contributed by atoms with Crippen LogP contribution >= 0.6 is 0 Å². The van der Waals surface area contributed by atoms with Crippen molar-refractivity contribution in [3.8, 4) is 11.4 Å². The Morgan fingerprint density at radius 2 is 1.90 bits per heavy atom. The maximum absolute atomic E-state index is 13.2. The Morgan fingerprint density at radius 1 is 1.10 bits per heavy atom. The third kappa shape index (κ3) is 2.89. The highest BCUT2D eigenvalue weighted by molar-refractivity contribution is 5.96. The second-order valence-corrected chi connectivity index (χ2v) is 4.68. The maximum Gasteiger partial charge on any atom is 0.182 e. The largest absolute Gasteiger partial charge is 0.323 e. The summed E-state index contributed by atoms with van der Waals surface area (Å²) in [5.74, 6) is 0.166. The monoisotopic (exact) mass is 280 g/mol. The first kappa shape index (κ1) is 13.2. The van der Waals surface area contributed by atoms with Crippen molar-refractivity contribution in [3.05, 3.63) is 78.4 Å². The van der Waals surface area contributed by atoms with Gasteiger partial charge in [0.25, 0.3) is 0 Å². The maximum atomic E-state index is 13.2. The van der Waals surface area contributed by atoms with Gasteiger partial charge < -0.3 is 4.57 Å². The lowest BCUT2D eigenvalue weighted by Crippen LogP contribution is -2.11. The molecule has 1 aromatic heterocycles. The number of ketones is 1. The highest BCUT2D eigenvalue weighted by atomic mass is 19.1. The number of Topliss-reactive ketones (excluding diaryl/α,β-unsaturated/α-hetero) is 1. The Balaban J connectivity index is 1.87. The first-order chi connectivity index (χ1) is 10.2. The fourth-order valence-corrected chi connectivity index (χ4v) is 2.19. The molecule has 1 heterocycles. The van der Waals surface area contributed by atoms with Gasteiger partial charge in [0.15, 0.2) is 5.78 Å². The molecule has 0 N–H and O–H groups in total. The number of carbonyl (C=O) groups excluding carboxylic acids is 1. The molecule has 104 valence electrons. The molecule has 0 bridgehead atoms. The standard InChI is InChI=1S/C17H13FN2O/c18-15-8-4-7-14(11-15)16(21)12-20-10-9-19-17(20)13-5-2-1-3-6-13/h1-11H,12H2. The van der Waals surface area contributed by atoms with Crippen LogP contribution in [0.5, 0.6) is 0 Å². The molecule has 3 rings (SSSR count). The lowest BCUT2D eigenvalue weighted by atomic mass is 10.1. The summed E-state index contributed by atoms with van der Waals surface area (Å²) >= 11 is 0. The normalized spacial score (nSPS) is 10.5. The van der Waals surface area contributed by atoms with Crippen molar-refractivity contribution in [2.75, 3.05) is 0 Å². The van der Waals surface area contributed by atoms with Crippen LogP contribution in [0.2, 0.25) is 0 Å². The van der Waals surface area contributed by atoms with E-state index in [-0.39, 0.29) is 12.3 Å². The van der Waals surface area contributed by atoms with Gasteiger partial charge in [-0.1, -0.05) is 42.5 Å². The summed E-state index contributed by atoms with van der Waals surface area (Å²) in [4.78, 5) is 16.5. The quantitative estimate of drug-likeness (QED) is 0.685. The molecule has 3 nitrogen and oxygen atoms in total. The molecule has 21 heavy (non-hydrogen) atoms. The van der Waals surface area contributed by atoms with Gasteiger partial charge in [-0.3, -0.25) is 4.79 Å². The third-order valence-corrected chi connectivity index (χ3v) is 3.21. The van der Waals surface area contributed by atoms with E-state index in [0.717, 1.165) is 11.4 Å². The van der Waals surface area contributed by atoms with Crippen LogP contribution in [0.4, 0.5) is 4.39 Å². The molecule has 0 atom stereocenters. The van der Waals surface area contributed by atoms with Crippen LogP contribution in [-0.2, 0) is 6.54 Å². The Labute approximate surface area is 121 Å².